The first kappa shape index (κ1) is 30.9. The second-order valence-corrected chi connectivity index (χ2v) is 9.15. The summed E-state index contributed by atoms with van der Waals surface area (Å²) in [5.74, 6) is 0.0383. The maximum Gasteiger partial charge on any atom is 0.407 e. The van der Waals surface area contributed by atoms with Crippen LogP contribution in [0.3, 0.4) is 0 Å². The molecule has 2 aromatic carbocycles. The van der Waals surface area contributed by atoms with Crippen LogP contribution in [0.2, 0.25) is 0 Å². The van der Waals surface area contributed by atoms with Gasteiger partial charge in [-0.1, -0.05) is 19.1 Å². The number of aliphatic carboxylic acids is 1. The summed E-state index contributed by atoms with van der Waals surface area (Å²) in [6, 6.07) is 11.0. The highest BCUT2D eigenvalue weighted by Gasteiger charge is 2.20. The standard InChI is InChI=1S/C28H35N5O8/c1-4-21(15-39-17(2)23(29)12-26(34)35)41-28(37)31-13-18-6-5-7-19(10-18)32-27(36)33-20-8-9-22(24(11-20)38-3)25-14-30-16-40-25/h5-11,14,16-17,21,23H,4,12-13,15,29H2,1-3H3,(H,31,37)(H,34,35)(H2,32,33,36)/t17?,21-,23-/m1/s1. The number of alkyl carbamates (subject to hydrolysis) is 1. The molecule has 0 aliphatic heterocycles. The number of carbonyl (C=O) groups is 3. The lowest BCUT2D eigenvalue weighted by Gasteiger charge is -2.22. The fourth-order valence-corrected chi connectivity index (χ4v) is 3.73. The van der Waals surface area contributed by atoms with E-state index in [1.165, 1.54) is 13.5 Å². The van der Waals surface area contributed by atoms with Crippen molar-refractivity contribution in [2.45, 2.75) is 51.5 Å². The lowest BCUT2D eigenvalue weighted by Crippen LogP contribution is -2.39. The molecule has 3 rings (SSSR count). The third-order valence-corrected chi connectivity index (χ3v) is 6.07. The smallest absolute Gasteiger partial charge is 0.407 e. The molecule has 6 N–H and O–H groups in total. The van der Waals surface area contributed by atoms with E-state index in [1.807, 2.05) is 6.92 Å². The second kappa shape index (κ2) is 15.2. The number of benzene rings is 2. The maximum absolute atomic E-state index is 12.6. The van der Waals surface area contributed by atoms with Gasteiger partial charge in [0.15, 0.2) is 12.2 Å². The number of nitrogens with one attached hydrogen (secondary N) is 3. The lowest BCUT2D eigenvalue weighted by molar-refractivity contribution is -0.138. The van der Waals surface area contributed by atoms with Crippen LogP contribution < -0.4 is 26.4 Å². The largest absolute Gasteiger partial charge is 0.496 e. The van der Waals surface area contributed by atoms with Crippen LogP contribution in [0.1, 0.15) is 32.3 Å². The molecule has 0 radical (unpaired) electrons. The van der Waals surface area contributed by atoms with E-state index in [2.05, 4.69) is 20.9 Å². The zero-order chi connectivity index (χ0) is 29.8. The van der Waals surface area contributed by atoms with E-state index in [-0.39, 0.29) is 19.6 Å². The zero-order valence-corrected chi connectivity index (χ0v) is 23.1. The Bertz CT molecular complexity index is 1300. The number of carbonyl (C=O) groups excluding carboxylic acids is 2. The summed E-state index contributed by atoms with van der Waals surface area (Å²) in [6.45, 7) is 3.76. The normalized spacial score (nSPS) is 13.0. The first-order chi connectivity index (χ1) is 19.7. The Morgan fingerprint density at radius 1 is 1.12 bits per heavy atom. The first-order valence-corrected chi connectivity index (χ1v) is 13.0. The van der Waals surface area contributed by atoms with Crippen molar-refractivity contribution in [1.29, 1.82) is 0 Å². The molecule has 0 spiro atoms. The van der Waals surface area contributed by atoms with Crippen LogP contribution in [-0.2, 0) is 20.8 Å². The number of urea groups is 1. The number of oxazole rings is 1. The van der Waals surface area contributed by atoms with Crippen LogP contribution in [0.25, 0.3) is 11.3 Å². The van der Waals surface area contributed by atoms with Crippen LogP contribution in [0.5, 0.6) is 5.75 Å². The van der Waals surface area contributed by atoms with Crippen LogP contribution in [-0.4, -0.2) is 60.2 Å². The van der Waals surface area contributed by atoms with E-state index in [1.54, 1.807) is 55.6 Å². The number of methoxy groups -OCH3 is 1. The van der Waals surface area contributed by atoms with Gasteiger partial charge in [0.2, 0.25) is 0 Å². The average molecular weight is 570 g/mol. The Morgan fingerprint density at radius 3 is 2.54 bits per heavy atom. The van der Waals surface area contributed by atoms with Crippen molar-refractivity contribution in [3.63, 3.8) is 0 Å². The summed E-state index contributed by atoms with van der Waals surface area (Å²) in [6.07, 6.45) is 1.49. The van der Waals surface area contributed by atoms with Crippen molar-refractivity contribution >= 4 is 29.5 Å². The summed E-state index contributed by atoms with van der Waals surface area (Å²) in [5, 5.41) is 17.1. The average Bonchev–Trinajstić information content (AvgIpc) is 3.48. The van der Waals surface area contributed by atoms with E-state index in [9.17, 15) is 14.4 Å². The van der Waals surface area contributed by atoms with Gasteiger partial charge in [0, 0.05) is 30.0 Å². The molecule has 1 heterocycles. The molecular formula is C28H35N5O8. The Balaban J connectivity index is 1.47. The molecule has 41 heavy (non-hydrogen) atoms. The van der Waals surface area contributed by atoms with Gasteiger partial charge in [0.25, 0.3) is 0 Å². The number of hydrogen-bond donors (Lipinski definition) is 5. The van der Waals surface area contributed by atoms with Gasteiger partial charge in [-0.25, -0.2) is 14.6 Å². The number of rotatable bonds is 14. The Morgan fingerprint density at radius 2 is 1.88 bits per heavy atom. The van der Waals surface area contributed by atoms with E-state index < -0.39 is 36.3 Å². The van der Waals surface area contributed by atoms with Gasteiger partial charge in [0.1, 0.15) is 11.9 Å². The molecule has 0 bridgehead atoms. The minimum atomic E-state index is -1.01. The highest BCUT2D eigenvalue weighted by atomic mass is 16.6. The Labute approximate surface area is 237 Å². The van der Waals surface area contributed by atoms with Crippen molar-refractivity contribution in [2.75, 3.05) is 24.4 Å². The number of hydrogen-bond acceptors (Lipinski definition) is 9. The summed E-state index contributed by atoms with van der Waals surface area (Å²) in [7, 11) is 1.52. The summed E-state index contributed by atoms with van der Waals surface area (Å²) in [4.78, 5) is 39.7. The lowest BCUT2D eigenvalue weighted by atomic mass is 10.1. The molecule has 0 fully saturated rings. The number of anilines is 2. The molecule has 1 aromatic heterocycles. The molecule has 0 saturated carbocycles. The van der Waals surface area contributed by atoms with Crippen LogP contribution >= 0.6 is 0 Å². The van der Waals surface area contributed by atoms with Crippen LogP contribution in [0, 0.1) is 0 Å². The third kappa shape index (κ3) is 9.81. The highest BCUT2D eigenvalue weighted by Crippen LogP contribution is 2.32. The minimum absolute atomic E-state index is 0.0849. The quantitative estimate of drug-likeness (QED) is 0.188. The number of amides is 3. The number of nitrogens with two attached hydrogens (primary N) is 1. The molecule has 13 heteroatoms. The molecule has 1 unspecified atom stereocenters. The van der Waals surface area contributed by atoms with Crippen LogP contribution in [0.4, 0.5) is 21.0 Å². The second-order valence-electron chi connectivity index (χ2n) is 9.15. The van der Waals surface area contributed by atoms with Crippen molar-refractivity contribution < 1.29 is 38.1 Å². The third-order valence-electron chi connectivity index (χ3n) is 6.07. The van der Waals surface area contributed by atoms with E-state index >= 15 is 0 Å². The Kier molecular flexibility index (Phi) is 11.5. The van der Waals surface area contributed by atoms with Crippen molar-refractivity contribution in [3.8, 4) is 17.1 Å². The van der Waals surface area contributed by atoms with E-state index in [0.29, 0.717) is 34.9 Å². The van der Waals surface area contributed by atoms with Crippen molar-refractivity contribution in [2.24, 2.45) is 5.73 Å². The highest BCUT2D eigenvalue weighted by molar-refractivity contribution is 6.00. The first-order valence-electron chi connectivity index (χ1n) is 13.0. The van der Waals surface area contributed by atoms with Gasteiger partial charge >= 0.3 is 18.1 Å². The monoisotopic (exact) mass is 569 g/mol. The molecule has 0 aliphatic carbocycles. The zero-order valence-electron chi connectivity index (χ0n) is 23.1. The van der Waals surface area contributed by atoms with Gasteiger partial charge < -0.3 is 45.4 Å². The van der Waals surface area contributed by atoms with Crippen molar-refractivity contribution in [3.05, 3.63) is 60.6 Å². The summed E-state index contributed by atoms with van der Waals surface area (Å²) >= 11 is 0. The SMILES string of the molecule is CC[C@H](COC(C)[C@H](N)CC(=O)O)OC(=O)NCc1cccc(NC(=O)Nc2ccc(-c3cnco3)c(OC)c2)c1. The molecule has 13 nitrogen and oxygen atoms in total. The molecule has 3 aromatic rings. The predicted molar refractivity (Wildman–Crippen MR) is 151 cm³/mol. The number of ether oxygens (including phenoxy) is 3. The van der Waals surface area contributed by atoms with Crippen LogP contribution in [0.15, 0.2) is 59.5 Å². The van der Waals surface area contributed by atoms with Crippen molar-refractivity contribution in [1.82, 2.24) is 10.3 Å². The fourth-order valence-electron chi connectivity index (χ4n) is 3.73. The maximum atomic E-state index is 12.6. The molecular weight excluding hydrogens is 534 g/mol. The van der Waals surface area contributed by atoms with Gasteiger partial charge in [-0.15, -0.1) is 0 Å². The summed E-state index contributed by atoms with van der Waals surface area (Å²) < 4.78 is 21.7. The minimum Gasteiger partial charge on any atom is -0.496 e. The Hall–Kier alpha value is -4.62. The molecule has 0 saturated heterocycles. The number of carboxylic acids is 1. The summed E-state index contributed by atoms with van der Waals surface area (Å²) in [5.41, 5.74) is 8.27. The molecule has 3 atom stereocenters. The van der Waals surface area contributed by atoms with Gasteiger partial charge in [-0.3, -0.25) is 4.79 Å². The van der Waals surface area contributed by atoms with E-state index in [0.717, 1.165) is 5.56 Å². The van der Waals surface area contributed by atoms with E-state index in [4.69, 9.17) is 29.5 Å². The number of carboxylic acid groups (broad SMARTS) is 1. The fraction of sp³-hybridized carbons (Fsp3) is 0.357. The molecule has 0 aliphatic rings. The van der Waals surface area contributed by atoms with Gasteiger partial charge in [-0.2, -0.15) is 0 Å². The van der Waals surface area contributed by atoms with Gasteiger partial charge in [-0.05, 0) is 43.2 Å². The predicted octanol–water partition coefficient (Wildman–Crippen LogP) is 4.21. The molecule has 220 valence electrons. The van der Waals surface area contributed by atoms with Gasteiger partial charge in [0.05, 0.1) is 38.0 Å². The molecule has 3 amide bonds. The number of nitrogens with zero attached hydrogens (tertiary/aromatic N) is 1. The topological polar surface area (TPSA) is 187 Å². The number of aromatic nitrogens is 1.